The van der Waals surface area contributed by atoms with Crippen LogP contribution in [0.4, 0.5) is 0 Å². The number of ether oxygens (including phenoxy) is 3. The van der Waals surface area contributed by atoms with E-state index in [4.69, 9.17) is 18.6 Å². The predicted molar refractivity (Wildman–Crippen MR) is 90.3 cm³/mol. The van der Waals surface area contributed by atoms with Crippen LogP contribution in [0.25, 0.3) is 22.3 Å². The quantitative estimate of drug-likeness (QED) is 0.680. The summed E-state index contributed by atoms with van der Waals surface area (Å²) in [5.41, 5.74) is 3.06. The molecular weight excluding hydrogens is 292 g/mol. The van der Waals surface area contributed by atoms with Crippen LogP contribution >= 0.6 is 0 Å². The molecule has 23 heavy (non-hydrogen) atoms. The van der Waals surface area contributed by atoms with Crippen LogP contribution in [-0.2, 0) is 11.2 Å². The zero-order valence-electron chi connectivity index (χ0n) is 13.6. The van der Waals surface area contributed by atoms with Gasteiger partial charge in [-0.2, -0.15) is 0 Å². The van der Waals surface area contributed by atoms with Crippen molar-refractivity contribution in [3.05, 3.63) is 48.0 Å². The summed E-state index contributed by atoms with van der Waals surface area (Å²) in [5.74, 6) is 2.20. The van der Waals surface area contributed by atoms with Crippen LogP contribution < -0.4 is 9.47 Å². The van der Waals surface area contributed by atoms with Crippen molar-refractivity contribution in [1.29, 1.82) is 0 Å². The number of furan rings is 1. The van der Waals surface area contributed by atoms with Crippen molar-refractivity contribution >= 4 is 11.0 Å². The van der Waals surface area contributed by atoms with Crippen molar-refractivity contribution in [1.82, 2.24) is 0 Å². The van der Waals surface area contributed by atoms with E-state index in [1.54, 1.807) is 21.3 Å². The fourth-order valence-corrected chi connectivity index (χ4v) is 2.60. The second kappa shape index (κ2) is 6.75. The van der Waals surface area contributed by atoms with Crippen LogP contribution in [-0.4, -0.2) is 27.9 Å². The molecular formula is C19H20O4. The molecule has 0 saturated carbocycles. The molecule has 0 unspecified atom stereocenters. The van der Waals surface area contributed by atoms with Crippen LogP contribution in [0.5, 0.6) is 11.5 Å². The largest absolute Gasteiger partial charge is 0.493 e. The van der Waals surface area contributed by atoms with Gasteiger partial charge >= 0.3 is 0 Å². The highest BCUT2D eigenvalue weighted by atomic mass is 16.5. The lowest BCUT2D eigenvalue weighted by molar-refractivity contribution is 0.202. The van der Waals surface area contributed by atoms with Gasteiger partial charge in [0.15, 0.2) is 11.5 Å². The number of fused-ring (bicyclic) bond motifs is 1. The summed E-state index contributed by atoms with van der Waals surface area (Å²) in [6.45, 7) is 0.714. The number of hydrogen-bond acceptors (Lipinski definition) is 4. The minimum atomic E-state index is 0.686. The molecule has 0 amide bonds. The van der Waals surface area contributed by atoms with Crippen molar-refractivity contribution < 1.29 is 18.6 Å². The Balaban J connectivity index is 1.96. The van der Waals surface area contributed by atoms with E-state index < -0.39 is 0 Å². The Bertz CT molecular complexity index is 804. The number of hydrogen-bond donors (Lipinski definition) is 0. The zero-order chi connectivity index (χ0) is 16.2. The van der Waals surface area contributed by atoms with Crippen LogP contribution in [0.15, 0.2) is 46.9 Å². The molecule has 0 fully saturated rings. The molecule has 2 aromatic carbocycles. The van der Waals surface area contributed by atoms with E-state index in [1.807, 2.05) is 30.3 Å². The van der Waals surface area contributed by atoms with Gasteiger partial charge in [-0.1, -0.05) is 6.07 Å². The second-order valence-corrected chi connectivity index (χ2v) is 5.30. The number of rotatable bonds is 6. The van der Waals surface area contributed by atoms with Crippen LogP contribution in [0.1, 0.15) is 5.56 Å². The Morgan fingerprint density at radius 1 is 0.870 bits per heavy atom. The van der Waals surface area contributed by atoms with E-state index in [0.717, 1.165) is 28.7 Å². The fourth-order valence-electron chi connectivity index (χ4n) is 2.60. The molecule has 1 aromatic heterocycles. The highest BCUT2D eigenvalue weighted by Crippen LogP contribution is 2.34. The van der Waals surface area contributed by atoms with Gasteiger partial charge in [0.2, 0.25) is 0 Å². The SMILES string of the molecule is COCCc1ccc2oc(-c3ccc(OC)c(OC)c3)cc2c1. The first-order valence-electron chi connectivity index (χ1n) is 7.49. The molecule has 0 atom stereocenters. The molecule has 120 valence electrons. The summed E-state index contributed by atoms with van der Waals surface area (Å²) >= 11 is 0. The average Bonchev–Trinajstić information content (AvgIpc) is 3.02. The van der Waals surface area contributed by atoms with E-state index in [-0.39, 0.29) is 0 Å². The maximum absolute atomic E-state index is 5.96. The normalized spacial score (nSPS) is 10.9. The minimum Gasteiger partial charge on any atom is -0.493 e. The van der Waals surface area contributed by atoms with Crippen LogP contribution in [0.3, 0.4) is 0 Å². The topological polar surface area (TPSA) is 40.8 Å². The third-order valence-electron chi connectivity index (χ3n) is 3.84. The van der Waals surface area contributed by atoms with Gasteiger partial charge < -0.3 is 18.6 Å². The predicted octanol–water partition coefficient (Wildman–Crippen LogP) is 4.31. The third kappa shape index (κ3) is 3.17. The summed E-state index contributed by atoms with van der Waals surface area (Å²) in [7, 11) is 4.97. The fraction of sp³-hybridized carbons (Fsp3) is 0.263. The molecule has 0 N–H and O–H groups in total. The van der Waals surface area contributed by atoms with Crippen LogP contribution in [0.2, 0.25) is 0 Å². The Morgan fingerprint density at radius 3 is 2.43 bits per heavy atom. The lowest BCUT2D eigenvalue weighted by atomic mass is 10.1. The van der Waals surface area contributed by atoms with E-state index in [0.29, 0.717) is 18.1 Å². The zero-order valence-corrected chi connectivity index (χ0v) is 13.6. The molecule has 0 bridgehead atoms. The summed E-state index contributed by atoms with van der Waals surface area (Å²) < 4.78 is 21.7. The summed E-state index contributed by atoms with van der Waals surface area (Å²) in [5, 5.41) is 1.09. The summed E-state index contributed by atoms with van der Waals surface area (Å²) in [6.07, 6.45) is 0.892. The Kier molecular flexibility index (Phi) is 4.53. The third-order valence-corrected chi connectivity index (χ3v) is 3.84. The molecule has 4 heteroatoms. The van der Waals surface area contributed by atoms with Crippen molar-refractivity contribution in [2.24, 2.45) is 0 Å². The van der Waals surface area contributed by atoms with Gasteiger partial charge in [0, 0.05) is 18.1 Å². The highest BCUT2D eigenvalue weighted by Gasteiger charge is 2.10. The number of methoxy groups -OCH3 is 3. The molecule has 3 rings (SSSR count). The van der Waals surface area contributed by atoms with E-state index >= 15 is 0 Å². The first-order chi connectivity index (χ1) is 11.2. The first kappa shape index (κ1) is 15.4. The maximum Gasteiger partial charge on any atom is 0.161 e. The Labute approximate surface area is 135 Å². The molecule has 0 radical (unpaired) electrons. The average molecular weight is 312 g/mol. The van der Waals surface area contributed by atoms with Crippen LogP contribution in [0, 0.1) is 0 Å². The first-order valence-corrected chi connectivity index (χ1v) is 7.49. The van der Waals surface area contributed by atoms with Gasteiger partial charge in [-0.25, -0.2) is 0 Å². The lowest BCUT2D eigenvalue weighted by Gasteiger charge is -2.08. The van der Waals surface area contributed by atoms with Gasteiger partial charge in [-0.05, 0) is 48.4 Å². The molecule has 0 aliphatic carbocycles. The molecule has 0 saturated heterocycles. The van der Waals surface area contributed by atoms with E-state index in [2.05, 4.69) is 12.1 Å². The molecule has 4 nitrogen and oxygen atoms in total. The summed E-state index contributed by atoms with van der Waals surface area (Å²) in [6, 6.07) is 14.0. The van der Waals surface area contributed by atoms with Gasteiger partial charge in [0.1, 0.15) is 11.3 Å². The standard InChI is InChI=1S/C19H20O4/c1-20-9-8-13-4-6-16-15(10-13)12-18(23-16)14-5-7-17(21-2)19(11-14)22-3/h4-7,10-12H,8-9H2,1-3H3. The summed E-state index contributed by atoms with van der Waals surface area (Å²) in [4.78, 5) is 0. The van der Waals surface area contributed by atoms with Gasteiger partial charge in [-0.15, -0.1) is 0 Å². The molecule has 3 aromatic rings. The van der Waals surface area contributed by atoms with Crippen molar-refractivity contribution in [3.63, 3.8) is 0 Å². The highest BCUT2D eigenvalue weighted by molar-refractivity contribution is 5.83. The minimum absolute atomic E-state index is 0.686. The smallest absolute Gasteiger partial charge is 0.161 e. The Morgan fingerprint density at radius 2 is 1.70 bits per heavy atom. The molecule has 0 spiro atoms. The van der Waals surface area contributed by atoms with Crippen molar-refractivity contribution in [2.75, 3.05) is 27.9 Å². The maximum atomic E-state index is 5.96. The molecule has 0 aliphatic rings. The van der Waals surface area contributed by atoms with E-state index in [1.165, 1.54) is 5.56 Å². The van der Waals surface area contributed by atoms with Gasteiger partial charge in [-0.3, -0.25) is 0 Å². The second-order valence-electron chi connectivity index (χ2n) is 5.30. The number of benzene rings is 2. The van der Waals surface area contributed by atoms with Gasteiger partial charge in [0.05, 0.1) is 20.8 Å². The van der Waals surface area contributed by atoms with Crippen molar-refractivity contribution in [3.8, 4) is 22.8 Å². The lowest BCUT2D eigenvalue weighted by Crippen LogP contribution is -1.93. The molecule has 1 heterocycles. The van der Waals surface area contributed by atoms with Gasteiger partial charge in [0.25, 0.3) is 0 Å². The Hall–Kier alpha value is -2.46. The van der Waals surface area contributed by atoms with Crippen molar-refractivity contribution in [2.45, 2.75) is 6.42 Å². The monoisotopic (exact) mass is 312 g/mol. The van der Waals surface area contributed by atoms with E-state index in [9.17, 15) is 0 Å². The molecule has 0 aliphatic heterocycles.